The molecular weight excluding hydrogens is 265 g/mol. The van der Waals surface area contributed by atoms with Crippen molar-refractivity contribution in [1.82, 2.24) is 10.3 Å². The molecule has 94 valence electrons. The Morgan fingerprint density at radius 3 is 2.56 bits per heavy atom. The molecule has 16 heavy (non-hydrogen) atoms. The quantitative estimate of drug-likeness (QED) is 0.876. The molecule has 1 aliphatic rings. The molecule has 0 aliphatic carbocycles. The first-order valence-corrected chi connectivity index (χ1v) is 6.03. The van der Waals surface area contributed by atoms with Gasteiger partial charge in [-0.05, 0) is 38.8 Å². The van der Waals surface area contributed by atoms with Gasteiger partial charge < -0.3 is 11.1 Å². The maximum absolute atomic E-state index is 6.20. The van der Waals surface area contributed by atoms with Crippen LogP contribution in [-0.4, -0.2) is 18.1 Å². The van der Waals surface area contributed by atoms with Gasteiger partial charge in [-0.2, -0.15) is 0 Å². The number of aromatic nitrogens is 1. The molecule has 0 amide bonds. The fraction of sp³-hybridized carbons (Fsp3) is 0.700. The molecule has 0 saturated carbocycles. The monoisotopic (exact) mass is 283 g/mol. The highest BCUT2D eigenvalue weighted by atomic mass is 35.5. The Balaban J connectivity index is 0.00000112. The first-order chi connectivity index (χ1) is 6.77. The van der Waals surface area contributed by atoms with Gasteiger partial charge in [0.05, 0.1) is 6.04 Å². The van der Waals surface area contributed by atoms with Crippen molar-refractivity contribution >= 4 is 36.2 Å². The van der Waals surface area contributed by atoms with E-state index < -0.39 is 0 Å². The highest BCUT2D eigenvalue weighted by Crippen LogP contribution is 2.28. The third-order valence-electron chi connectivity index (χ3n) is 2.81. The lowest BCUT2D eigenvalue weighted by Gasteiger charge is -2.26. The molecule has 1 fully saturated rings. The summed E-state index contributed by atoms with van der Waals surface area (Å²) >= 11 is 1.69. The molecular formula is C10H19Cl2N3S. The van der Waals surface area contributed by atoms with E-state index in [0.29, 0.717) is 5.92 Å². The van der Waals surface area contributed by atoms with E-state index in [1.807, 2.05) is 6.92 Å². The van der Waals surface area contributed by atoms with Gasteiger partial charge in [-0.15, -0.1) is 36.2 Å². The lowest BCUT2D eigenvalue weighted by molar-refractivity contribution is 0.321. The lowest BCUT2D eigenvalue weighted by Crippen LogP contribution is -2.33. The highest BCUT2D eigenvalue weighted by molar-refractivity contribution is 7.09. The van der Waals surface area contributed by atoms with E-state index >= 15 is 0 Å². The minimum atomic E-state index is 0. The van der Waals surface area contributed by atoms with Gasteiger partial charge in [0.1, 0.15) is 5.01 Å². The fourth-order valence-electron chi connectivity index (χ4n) is 1.93. The first kappa shape index (κ1) is 16.1. The normalized spacial score (nSPS) is 18.4. The molecule has 3 nitrogen and oxygen atoms in total. The number of hydrogen-bond acceptors (Lipinski definition) is 4. The topological polar surface area (TPSA) is 50.9 Å². The summed E-state index contributed by atoms with van der Waals surface area (Å²) in [5.74, 6) is 0.613. The second-order valence-corrected chi connectivity index (χ2v) is 4.83. The van der Waals surface area contributed by atoms with Gasteiger partial charge in [-0.1, -0.05) is 0 Å². The van der Waals surface area contributed by atoms with Crippen molar-refractivity contribution in [2.45, 2.75) is 25.8 Å². The number of piperidine rings is 1. The molecule has 1 aromatic rings. The van der Waals surface area contributed by atoms with Crippen LogP contribution >= 0.6 is 36.2 Å². The maximum Gasteiger partial charge on any atom is 0.110 e. The van der Waals surface area contributed by atoms with E-state index in [2.05, 4.69) is 15.7 Å². The number of aryl methyl sites for hydroxylation is 1. The fourth-order valence-corrected chi connectivity index (χ4v) is 2.82. The number of nitrogens with two attached hydrogens (primary N) is 1. The second kappa shape index (κ2) is 7.45. The van der Waals surface area contributed by atoms with Crippen molar-refractivity contribution in [2.24, 2.45) is 11.7 Å². The number of nitrogens with zero attached hydrogens (tertiary/aromatic N) is 1. The van der Waals surface area contributed by atoms with E-state index in [0.717, 1.165) is 23.8 Å². The average Bonchev–Trinajstić information content (AvgIpc) is 2.65. The van der Waals surface area contributed by atoms with Crippen LogP contribution in [0.25, 0.3) is 0 Å². The van der Waals surface area contributed by atoms with Crippen molar-refractivity contribution in [2.75, 3.05) is 13.1 Å². The van der Waals surface area contributed by atoms with E-state index in [4.69, 9.17) is 5.73 Å². The van der Waals surface area contributed by atoms with Crippen LogP contribution < -0.4 is 11.1 Å². The summed E-state index contributed by atoms with van der Waals surface area (Å²) in [6.07, 6.45) is 2.36. The van der Waals surface area contributed by atoms with Gasteiger partial charge in [0.15, 0.2) is 0 Å². The van der Waals surface area contributed by atoms with E-state index in [1.54, 1.807) is 11.3 Å². The predicted octanol–water partition coefficient (Wildman–Crippen LogP) is 2.29. The van der Waals surface area contributed by atoms with Crippen LogP contribution in [0.2, 0.25) is 0 Å². The van der Waals surface area contributed by atoms with Crippen molar-refractivity contribution in [3.05, 3.63) is 16.1 Å². The standard InChI is InChI=1S/C10H17N3S.2ClH/c1-7-6-14-10(13-7)9(11)8-2-4-12-5-3-8;;/h6,8-9,12H,2-5,11H2,1H3;2*1H. The van der Waals surface area contributed by atoms with Gasteiger partial charge >= 0.3 is 0 Å². The van der Waals surface area contributed by atoms with Crippen LogP contribution in [0.5, 0.6) is 0 Å². The third kappa shape index (κ3) is 3.86. The molecule has 6 heteroatoms. The molecule has 1 saturated heterocycles. The van der Waals surface area contributed by atoms with Crippen LogP contribution in [0.1, 0.15) is 29.6 Å². The van der Waals surface area contributed by atoms with Gasteiger partial charge in [-0.3, -0.25) is 0 Å². The van der Waals surface area contributed by atoms with E-state index in [1.165, 1.54) is 12.8 Å². The zero-order valence-electron chi connectivity index (χ0n) is 9.31. The largest absolute Gasteiger partial charge is 0.322 e. The molecule has 0 radical (unpaired) electrons. The Kier molecular flexibility index (Phi) is 7.52. The van der Waals surface area contributed by atoms with Crippen LogP contribution in [0, 0.1) is 12.8 Å². The summed E-state index contributed by atoms with van der Waals surface area (Å²) in [5, 5.41) is 6.54. The third-order valence-corrected chi connectivity index (χ3v) is 3.88. The summed E-state index contributed by atoms with van der Waals surface area (Å²) in [7, 11) is 0. The van der Waals surface area contributed by atoms with Gasteiger partial charge in [0.25, 0.3) is 0 Å². The van der Waals surface area contributed by atoms with E-state index in [-0.39, 0.29) is 30.9 Å². The molecule has 3 N–H and O–H groups in total. The molecule has 2 heterocycles. The number of halogens is 2. The molecule has 2 rings (SSSR count). The maximum atomic E-state index is 6.20. The average molecular weight is 284 g/mol. The molecule has 0 spiro atoms. The van der Waals surface area contributed by atoms with Gasteiger partial charge in [0.2, 0.25) is 0 Å². The van der Waals surface area contributed by atoms with Crippen molar-refractivity contribution in [3.8, 4) is 0 Å². The summed E-state index contributed by atoms with van der Waals surface area (Å²) < 4.78 is 0. The van der Waals surface area contributed by atoms with Crippen LogP contribution in [-0.2, 0) is 0 Å². The van der Waals surface area contributed by atoms with Crippen LogP contribution in [0.4, 0.5) is 0 Å². The van der Waals surface area contributed by atoms with Crippen molar-refractivity contribution < 1.29 is 0 Å². The smallest absolute Gasteiger partial charge is 0.110 e. The summed E-state index contributed by atoms with van der Waals surface area (Å²) in [6.45, 7) is 4.22. The molecule has 0 aromatic carbocycles. The Morgan fingerprint density at radius 2 is 2.06 bits per heavy atom. The summed E-state index contributed by atoms with van der Waals surface area (Å²) in [4.78, 5) is 4.46. The lowest BCUT2D eigenvalue weighted by atomic mass is 9.91. The number of nitrogens with one attached hydrogen (secondary N) is 1. The zero-order valence-corrected chi connectivity index (χ0v) is 11.8. The van der Waals surface area contributed by atoms with Crippen LogP contribution in [0.3, 0.4) is 0 Å². The Labute approximate surface area is 113 Å². The minimum Gasteiger partial charge on any atom is -0.322 e. The minimum absolute atomic E-state index is 0. The van der Waals surface area contributed by atoms with Crippen LogP contribution in [0.15, 0.2) is 5.38 Å². The number of rotatable bonds is 2. The zero-order chi connectivity index (χ0) is 9.97. The summed E-state index contributed by atoms with van der Waals surface area (Å²) in [6, 6.07) is 0.149. The summed E-state index contributed by atoms with van der Waals surface area (Å²) in [5.41, 5.74) is 7.30. The molecule has 1 unspecified atom stereocenters. The SMILES string of the molecule is Cc1csc(C(N)C2CCNCC2)n1.Cl.Cl. The predicted molar refractivity (Wildman–Crippen MR) is 73.9 cm³/mol. The van der Waals surface area contributed by atoms with Gasteiger partial charge in [0, 0.05) is 11.1 Å². The Hall–Kier alpha value is 0.130. The van der Waals surface area contributed by atoms with E-state index in [9.17, 15) is 0 Å². The number of hydrogen-bond donors (Lipinski definition) is 2. The second-order valence-electron chi connectivity index (χ2n) is 3.94. The Bertz CT molecular complexity index is 300. The van der Waals surface area contributed by atoms with Crippen molar-refractivity contribution in [3.63, 3.8) is 0 Å². The first-order valence-electron chi connectivity index (χ1n) is 5.15. The highest BCUT2D eigenvalue weighted by Gasteiger charge is 2.23. The van der Waals surface area contributed by atoms with Crippen molar-refractivity contribution in [1.29, 1.82) is 0 Å². The number of thiazole rings is 1. The Morgan fingerprint density at radius 1 is 1.44 bits per heavy atom. The molecule has 1 aromatic heterocycles. The molecule has 1 aliphatic heterocycles. The molecule has 1 atom stereocenters. The molecule has 0 bridgehead atoms. The van der Waals surface area contributed by atoms with Gasteiger partial charge in [-0.25, -0.2) is 4.98 Å².